The van der Waals surface area contributed by atoms with Crippen LogP contribution in [0.15, 0.2) is 29.3 Å². The largest absolute Gasteiger partial charge is 0.238 e. The summed E-state index contributed by atoms with van der Waals surface area (Å²) in [7, 11) is 0. The van der Waals surface area contributed by atoms with Crippen molar-refractivity contribution >= 4 is 33.3 Å². The first kappa shape index (κ1) is 14.0. The monoisotopic (exact) mass is 312 g/mol. The van der Waals surface area contributed by atoms with Crippen molar-refractivity contribution in [2.45, 2.75) is 18.9 Å². The van der Waals surface area contributed by atoms with E-state index in [2.05, 4.69) is 52.4 Å². The van der Waals surface area contributed by atoms with Crippen LogP contribution in [0.3, 0.4) is 0 Å². The molecule has 0 unspecified atom stereocenters. The van der Waals surface area contributed by atoms with E-state index < -0.39 is 0 Å². The van der Waals surface area contributed by atoms with Crippen LogP contribution in [0.5, 0.6) is 0 Å². The minimum atomic E-state index is 0.351. The molecule has 0 aliphatic heterocycles. The van der Waals surface area contributed by atoms with Crippen LogP contribution >= 0.6 is 23.1 Å². The average Bonchev–Trinajstić information content (AvgIpc) is 2.87. The van der Waals surface area contributed by atoms with Gasteiger partial charge in [-0.3, -0.25) is 0 Å². The van der Waals surface area contributed by atoms with Crippen molar-refractivity contribution in [3.63, 3.8) is 0 Å². The van der Waals surface area contributed by atoms with Gasteiger partial charge in [0, 0.05) is 5.56 Å². The van der Waals surface area contributed by atoms with Gasteiger partial charge in [-0.15, -0.1) is 21.5 Å². The Morgan fingerprint density at radius 1 is 1.19 bits per heavy atom. The van der Waals surface area contributed by atoms with Crippen LogP contribution in [0.25, 0.3) is 21.5 Å². The second kappa shape index (κ2) is 5.80. The lowest BCUT2D eigenvalue weighted by Gasteiger charge is -2.04. The molecular formula is C15H12N4S2. The van der Waals surface area contributed by atoms with Gasteiger partial charge >= 0.3 is 0 Å². The molecule has 0 N–H and O–H groups in total. The number of hydrogen-bond acceptors (Lipinski definition) is 6. The fourth-order valence-corrected chi connectivity index (χ4v) is 3.59. The summed E-state index contributed by atoms with van der Waals surface area (Å²) < 4.78 is 1.03. The molecule has 3 rings (SSSR count). The highest BCUT2D eigenvalue weighted by molar-refractivity contribution is 7.99. The SMILES string of the molecule is Cc1ccc(-c2nnc(SCC#N)c3nc(C)sc23)cc1. The first-order valence-corrected chi connectivity index (χ1v) is 8.20. The molecule has 2 aromatic heterocycles. The molecule has 1 aromatic carbocycles. The molecule has 2 heterocycles. The Bertz CT molecular complexity index is 831. The van der Waals surface area contributed by atoms with Crippen LogP contribution in [-0.4, -0.2) is 20.9 Å². The fraction of sp³-hybridized carbons (Fsp3) is 0.200. The predicted molar refractivity (Wildman–Crippen MR) is 86.5 cm³/mol. The Morgan fingerprint density at radius 3 is 2.67 bits per heavy atom. The van der Waals surface area contributed by atoms with Gasteiger partial charge in [0.15, 0.2) is 0 Å². The molecule has 104 valence electrons. The predicted octanol–water partition coefficient (Wildman–Crippen LogP) is 3.99. The van der Waals surface area contributed by atoms with Crippen LogP contribution in [0, 0.1) is 25.2 Å². The molecule has 0 aliphatic rings. The number of aromatic nitrogens is 3. The number of fused-ring (bicyclic) bond motifs is 1. The highest BCUT2D eigenvalue weighted by atomic mass is 32.2. The molecule has 0 spiro atoms. The number of thiazole rings is 1. The molecule has 0 saturated heterocycles. The number of aryl methyl sites for hydroxylation is 2. The Hall–Kier alpha value is -1.97. The number of nitriles is 1. The van der Waals surface area contributed by atoms with Crippen molar-refractivity contribution in [3.8, 4) is 17.3 Å². The number of hydrogen-bond donors (Lipinski definition) is 0. The quantitative estimate of drug-likeness (QED) is 0.684. The van der Waals surface area contributed by atoms with Gasteiger partial charge in [0.25, 0.3) is 0 Å². The Morgan fingerprint density at radius 2 is 1.95 bits per heavy atom. The molecule has 0 radical (unpaired) electrons. The van der Waals surface area contributed by atoms with E-state index in [1.807, 2.05) is 6.92 Å². The zero-order valence-corrected chi connectivity index (χ0v) is 13.3. The highest BCUT2D eigenvalue weighted by Gasteiger charge is 2.15. The van der Waals surface area contributed by atoms with Crippen LogP contribution in [0.4, 0.5) is 0 Å². The third-order valence-electron chi connectivity index (χ3n) is 2.99. The van der Waals surface area contributed by atoms with Gasteiger partial charge in [-0.2, -0.15) is 5.26 Å². The van der Waals surface area contributed by atoms with E-state index in [-0.39, 0.29) is 0 Å². The van der Waals surface area contributed by atoms with Crippen molar-refractivity contribution in [1.82, 2.24) is 15.2 Å². The standard InChI is InChI=1S/C15H12N4S2/c1-9-3-5-11(6-4-9)12-14-13(17-10(2)21-14)15(19-18-12)20-8-7-16/h3-6H,8H2,1-2H3. The van der Waals surface area contributed by atoms with Crippen molar-refractivity contribution in [2.75, 3.05) is 5.75 Å². The summed E-state index contributed by atoms with van der Waals surface area (Å²) >= 11 is 2.99. The summed E-state index contributed by atoms with van der Waals surface area (Å²) in [6.45, 7) is 4.03. The smallest absolute Gasteiger partial charge is 0.147 e. The molecule has 4 nitrogen and oxygen atoms in total. The summed E-state index contributed by atoms with van der Waals surface area (Å²) in [4.78, 5) is 4.56. The van der Waals surface area contributed by atoms with Crippen molar-refractivity contribution < 1.29 is 0 Å². The maximum absolute atomic E-state index is 8.73. The van der Waals surface area contributed by atoms with E-state index in [0.29, 0.717) is 5.75 Å². The van der Waals surface area contributed by atoms with E-state index in [0.717, 1.165) is 31.5 Å². The van der Waals surface area contributed by atoms with Crippen LogP contribution in [0.1, 0.15) is 10.6 Å². The van der Waals surface area contributed by atoms with Crippen molar-refractivity contribution in [3.05, 3.63) is 34.8 Å². The molecular weight excluding hydrogens is 300 g/mol. The molecule has 0 amide bonds. The Balaban J connectivity index is 2.17. The van der Waals surface area contributed by atoms with E-state index in [1.165, 1.54) is 17.3 Å². The molecule has 6 heteroatoms. The van der Waals surface area contributed by atoms with Crippen LogP contribution in [-0.2, 0) is 0 Å². The number of nitrogens with zero attached hydrogens (tertiary/aromatic N) is 4. The van der Waals surface area contributed by atoms with Gasteiger partial charge in [0.1, 0.15) is 16.2 Å². The summed E-state index contributed by atoms with van der Waals surface area (Å²) in [5.74, 6) is 0.351. The molecule has 0 fully saturated rings. The molecule has 0 saturated carbocycles. The second-order valence-corrected chi connectivity index (χ2v) is 6.74. The lowest BCUT2D eigenvalue weighted by molar-refractivity contribution is 0.956. The zero-order chi connectivity index (χ0) is 14.8. The van der Waals surface area contributed by atoms with Gasteiger partial charge in [-0.25, -0.2) is 4.98 Å². The Kier molecular flexibility index (Phi) is 3.86. The molecule has 0 aliphatic carbocycles. The van der Waals surface area contributed by atoms with Gasteiger partial charge in [0.05, 0.1) is 21.5 Å². The third kappa shape index (κ3) is 2.75. The van der Waals surface area contributed by atoms with Crippen molar-refractivity contribution in [2.24, 2.45) is 0 Å². The van der Waals surface area contributed by atoms with Crippen LogP contribution in [0.2, 0.25) is 0 Å². The molecule has 21 heavy (non-hydrogen) atoms. The zero-order valence-electron chi connectivity index (χ0n) is 11.6. The number of benzene rings is 1. The van der Waals surface area contributed by atoms with Gasteiger partial charge < -0.3 is 0 Å². The first-order chi connectivity index (χ1) is 10.2. The van der Waals surface area contributed by atoms with E-state index in [9.17, 15) is 0 Å². The highest BCUT2D eigenvalue weighted by Crippen LogP contribution is 2.35. The Labute approximate surface area is 130 Å². The molecule has 0 bridgehead atoms. The normalized spacial score (nSPS) is 10.7. The first-order valence-electron chi connectivity index (χ1n) is 6.39. The summed E-state index contributed by atoms with van der Waals surface area (Å²) in [6.07, 6.45) is 0. The number of rotatable bonds is 3. The van der Waals surface area contributed by atoms with E-state index in [4.69, 9.17) is 5.26 Å². The second-order valence-electron chi connectivity index (χ2n) is 4.58. The lowest BCUT2D eigenvalue weighted by atomic mass is 10.1. The minimum Gasteiger partial charge on any atom is -0.238 e. The van der Waals surface area contributed by atoms with E-state index >= 15 is 0 Å². The molecule has 0 atom stereocenters. The maximum atomic E-state index is 8.73. The van der Waals surface area contributed by atoms with E-state index in [1.54, 1.807) is 11.3 Å². The van der Waals surface area contributed by atoms with Crippen molar-refractivity contribution in [1.29, 1.82) is 5.26 Å². The topological polar surface area (TPSA) is 62.5 Å². The summed E-state index contributed by atoms with van der Waals surface area (Å²) in [6, 6.07) is 10.3. The third-order valence-corrected chi connectivity index (χ3v) is 4.79. The van der Waals surface area contributed by atoms with Gasteiger partial charge in [-0.05, 0) is 13.8 Å². The average molecular weight is 312 g/mol. The van der Waals surface area contributed by atoms with Gasteiger partial charge in [0.2, 0.25) is 0 Å². The minimum absolute atomic E-state index is 0.351. The maximum Gasteiger partial charge on any atom is 0.147 e. The number of thioether (sulfide) groups is 1. The summed E-state index contributed by atoms with van der Waals surface area (Å²) in [5.41, 5.74) is 3.96. The lowest BCUT2D eigenvalue weighted by Crippen LogP contribution is -1.92. The van der Waals surface area contributed by atoms with Crippen LogP contribution < -0.4 is 0 Å². The van der Waals surface area contributed by atoms with Gasteiger partial charge in [-0.1, -0.05) is 41.6 Å². The fourth-order valence-electron chi connectivity index (χ4n) is 2.02. The summed E-state index contributed by atoms with van der Waals surface area (Å²) in [5, 5.41) is 19.1. The molecule has 3 aromatic rings.